The molecule has 13 heavy (non-hydrogen) atoms. The molecule has 0 aromatic heterocycles. The van der Waals surface area contributed by atoms with Crippen molar-refractivity contribution in [2.75, 3.05) is 0 Å². The van der Waals surface area contributed by atoms with Crippen molar-refractivity contribution < 1.29 is 9.53 Å². The van der Waals surface area contributed by atoms with Crippen molar-refractivity contribution in [2.45, 2.75) is 44.4 Å². The van der Waals surface area contributed by atoms with Gasteiger partial charge in [0, 0.05) is 5.92 Å². The summed E-state index contributed by atoms with van der Waals surface area (Å²) in [6.07, 6.45) is 1.59. The lowest BCUT2D eigenvalue weighted by Crippen LogP contribution is -2.61. The van der Waals surface area contributed by atoms with Crippen molar-refractivity contribution in [1.82, 2.24) is 0 Å². The maximum Gasteiger partial charge on any atom is 0.192 e. The first kappa shape index (κ1) is 8.81. The Hall–Kier alpha value is -0.770. The lowest BCUT2D eigenvalue weighted by Gasteiger charge is -2.48. The highest BCUT2D eigenvalue weighted by Gasteiger charge is 2.55. The fourth-order valence-corrected chi connectivity index (χ4v) is 2.46. The number of ether oxygens (including phenoxy) is 1. The van der Waals surface area contributed by atoms with Gasteiger partial charge in [0.1, 0.15) is 5.60 Å². The van der Waals surface area contributed by atoms with E-state index in [9.17, 15) is 9.70 Å². The Bertz CT molecular complexity index is 266. The minimum Gasteiger partial charge on any atom is -0.364 e. The molecule has 0 spiro atoms. The summed E-state index contributed by atoms with van der Waals surface area (Å²) < 4.78 is 5.57. The van der Waals surface area contributed by atoms with Crippen molar-refractivity contribution in [3.8, 4) is 0 Å². The molecule has 0 aromatic carbocycles. The van der Waals surface area contributed by atoms with Gasteiger partial charge in [-0.2, -0.15) is 4.91 Å². The summed E-state index contributed by atoms with van der Waals surface area (Å²) in [7, 11) is 0. The molecule has 4 atom stereocenters. The Morgan fingerprint density at radius 1 is 1.62 bits per heavy atom. The molecule has 3 aliphatic rings. The molecule has 4 unspecified atom stereocenters. The van der Waals surface area contributed by atoms with E-state index in [4.69, 9.17) is 4.74 Å². The summed E-state index contributed by atoms with van der Waals surface area (Å²) in [4.78, 5) is 22.2. The van der Waals surface area contributed by atoms with E-state index in [1.165, 1.54) is 0 Å². The first-order chi connectivity index (χ1) is 6.08. The Balaban J connectivity index is 2.35. The van der Waals surface area contributed by atoms with Crippen molar-refractivity contribution in [2.24, 2.45) is 11.1 Å². The molecule has 2 aliphatic heterocycles. The number of rotatable bonds is 1. The van der Waals surface area contributed by atoms with Gasteiger partial charge in [-0.25, -0.2) is 0 Å². The Morgan fingerprint density at radius 3 is 2.85 bits per heavy atom. The average Bonchev–Trinajstić information content (AvgIpc) is 2.08. The topological polar surface area (TPSA) is 55.7 Å². The lowest BCUT2D eigenvalue weighted by molar-refractivity contribution is -0.191. The number of hydrogen-bond acceptors (Lipinski definition) is 4. The van der Waals surface area contributed by atoms with E-state index in [0.29, 0.717) is 0 Å². The molecule has 0 aromatic rings. The summed E-state index contributed by atoms with van der Waals surface area (Å²) in [5, 5.41) is 2.93. The summed E-state index contributed by atoms with van der Waals surface area (Å²) in [6, 6.07) is -0.664. The highest BCUT2D eigenvalue weighted by atomic mass is 16.5. The maximum atomic E-state index is 11.7. The van der Waals surface area contributed by atoms with Crippen molar-refractivity contribution in [3.63, 3.8) is 0 Å². The smallest absolute Gasteiger partial charge is 0.192 e. The van der Waals surface area contributed by atoms with Crippen molar-refractivity contribution in [1.29, 1.82) is 0 Å². The van der Waals surface area contributed by atoms with Crippen LogP contribution in [0.25, 0.3) is 0 Å². The number of carbonyl (C=O) groups excluding carboxylic acids is 1. The number of nitrogens with zero attached hydrogens (tertiary/aromatic N) is 1. The second kappa shape index (κ2) is 2.61. The van der Waals surface area contributed by atoms with E-state index in [1.807, 2.05) is 6.92 Å². The van der Waals surface area contributed by atoms with Gasteiger partial charge in [0.05, 0.1) is 6.10 Å². The van der Waals surface area contributed by atoms with Gasteiger partial charge in [0.15, 0.2) is 11.8 Å². The first-order valence-electron chi connectivity index (χ1n) is 4.63. The molecule has 2 heterocycles. The number of hydrogen-bond donors (Lipinski definition) is 0. The van der Waals surface area contributed by atoms with Crippen LogP contribution in [-0.4, -0.2) is 23.5 Å². The van der Waals surface area contributed by atoms with E-state index < -0.39 is 11.6 Å². The van der Waals surface area contributed by atoms with Crippen LogP contribution in [0.2, 0.25) is 0 Å². The molecule has 1 aliphatic carbocycles. The number of nitroso groups, excluding NO2 is 1. The quantitative estimate of drug-likeness (QED) is 0.575. The van der Waals surface area contributed by atoms with Gasteiger partial charge in [-0.3, -0.25) is 4.79 Å². The van der Waals surface area contributed by atoms with Gasteiger partial charge >= 0.3 is 0 Å². The van der Waals surface area contributed by atoms with Gasteiger partial charge in [0.2, 0.25) is 0 Å². The van der Waals surface area contributed by atoms with Gasteiger partial charge in [-0.15, -0.1) is 0 Å². The average molecular weight is 183 g/mol. The minimum absolute atomic E-state index is 0.00632. The Morgan fingerprint density at radius 2 is 2.31 bits per heavy atom. The largest absolute Gasteiger partial charge is 0.364 e. The van der Waals surface area contributed by atoms with Crippen LogP contribution in [0.3, 0.4) is 0 Å². The molecule has 72 valence electrons. The third-order valence-corrected chi connectivity index (χ3v) is 3.31. The molecule has 4 heteroatoms. The van der Waals surface area contributed by atoms with E-state index >= 15 is 0 Å². The van der Waals surface area contributed by atoms with E-state index in [1.54, 1.807) is 6.92 Å². The number of fused-ring (bicyclic) bond motifs is 3. The molecule has 1 saturated carbocycles. The fraction of sp³-hybridized carbons (Fsp3) is 0.889. The van der Waals surface area contributed by atoms with Gasteiger partial charge in [-0.05, 0) is 26.7 Å². The highest BCUT2D eigenvalue weighted by molar-refractivity contribution is 5.93. The van der Waals surface area contributed by atoms with Gasteiger partial charge in [0.25, 0.3) is 0 Å². The van der Waals surface area contributed by atoms with Crippen LogP contribution in [-0.2, 0) is 9.53 Å². The lowest BCUT2D eigenvalue weighted by atomic mass is 9.70. The van der Waals surface area contributed by atoms with Crippen LogP contribution in [0, 0.1) is 10.8 Å². The van der Waals surface area contributed by atoms with Crippen LogP contribution >= 0.6 is 0 Å². The van der Waals surface area contributed by atoms with E-state index in [2.05, 4.69) is 5.18 Å². The van der Waals surface area contributed by atoms with Gasteiger partial charge in [-0.1, -0.05) is 5.18 Å². The van der Waals surface area contributed by atoms with Crippen LogP contribution in [0.4, 0.5) is 0 Å². The summed E-state index contributed by atoms with van der Waals surface area (Å²) in [5.74, 6) is -0.122. The Kier molecular flexibility index (Phi) is 1.77. The number of Topliss-reactive ketones (excluding diaryl/α,β-unsaturated/α-hetero) is 1. The van der Waals surface area contributed by atoms with Crippen molar-refractivity contribution >= 4 is 5.78 Å². The standard InChI is InChI=1S/C9H13NO3/c1-5-6-3-4-9(2,13-5)8(11)7(6)10-12/h5-7H,3-4H2,1-2H3. The second-order valence-electron chi connectivity index (χ2n) is 4.17. The zero-order valence-corrected chi connectivity index (χ0v) is 7.82. The maximum absolute atomic E-state index is 11.7. The molecular formula is C9H13NO3. The van der Waals surface area contributed by atoms with Crippen LogP contribution in [0.15, 0.2) is 5.18 Å². The minimum atomic E-state index is -0.743. The van der Waals surface area contributed by atoms with Crippen LogP contribution in [0.1, 0.15) is 26.7 Å². The third kappa shape index (κ3) is 1.05. The molecule has 3 fully saturated rings. The first-order valence-corrected chi connectivity index (χ1v) is 4.63. The summed E-state index contributed by atoms with van der Waals surface area (Å²) in [6.45, 7) is 3.67. The fourth-order valence-electron chi connectivity index (χ4n) is 2.46. The normalized spacial score (nSPS) is 49.4. The molecule has 4 nitrogen and oxygen atoms in total. The molecule has 2 bridgehead atoms. The van der Waals surface area contributed by atoms with E-state index in [0.717, 1.165) is 12.8 Å². The molecule has 0 amide bonds. The molecule has 0 radical (unpaired) electrons. The Labute approximate surface area is 76.6 Å². The monoisotopic (exact) mass is 183 g/mol. The predicted octanol–water partition coefficient (Wildman–Crippen LogP) is 1.28. The van der Waals surface area contributed by atoms with Crippen LogP contribution < -0.4 is 0 Å². The van der Waals surface area contributed by atoms with Gasteiger partial charge < -0.3 is 4.74 Å². The molecule has 3 rings (SSSR count). The molecule has 0 N–H and O–H groups in total. The zero-order chi connectivity index (χ0) is 9.64. The SMILES string of the molecule is CC1OC2(C)CCC1C(N=O)C2=O. The van der Waals surface area contributed by atoms with Crippen molar-refractivity contribution in [3.05, 3.63) is 4.91 Å². The van der Waals surface area contributed by atoms with Crippen LogP contribution in [0.5, 0.6) is 0 Å². The number of ketones is 1. The molecular weight excluding hydrogens is 170 g/mol. The predicted molar refractivity (Wildman–Crippen MR) is 46.3 cm³/mol. The molecule has 2 saturated heterocycles. The summed E-state index contributed by atoms with van der Waals surface area (Å²) in [5.41, 5.74) is -0.743. The number of carbonyl (C=O) groups is 1. The highest BCUT2D eigenvalue weighted by Crippen LogP contribution is 2.43. The third-order valence-electron chi connectivity index (χ3n) is 3.31. The zero-order valence-electron chi connectivity index (χ0n) is 7.82. The van der Waals surface area contributed by atoms with E-state index in [-0.39, 0.29) is 17.8 Å². The summed E-state index contributed by atoms with van der Waals surface area (Å²) >= 11 is 0. The second-order valence-corrected chi connectivity index (χ2v) is 4.17.